The molecule has 0 atom stereocenters. The third kappa shape index (κ3) is 4.99. The Bertz CT molecular complexity index is 465. The van der Waals surface area contributed by atoms with Crippen LogP contribution in [0.15, 0.2) is 30.3 Å². The van der Waals surface area contributed by atoms with Crippen molar-refractivity contribution in [3.63, 3.8) is 0 Å². The predicted octanol–water partition coefficient (Wildman–Crippen LogP) is 4.31. The summed E-state index contributed by atoms with van der Waals surface area (Å²) in [5, 5.41) is 10.0. The average Bonchev–Trinajstić information content (AvgIpc) is 3.33. The van der Waals surface area contributed by atoms with Gasteiger partial charge in [-0.2, -0.15) is 0 Å². The van der Waals surface area contributed by atoms with Gasteiger partial charge in [-0.05, 0) is 63.2 Å². The molecule has 2 aliphatic rings. The molecule has 0 radical (unpaired) electrons. The van der Waals surface area contributed by atoms with E-state index in [1.807, 2.05) is 37.3 Å². The highest BCUT2D eigenvalue weighted by Crippen LogP contribution is 2.37. The van der Waals surface area contributed by atoms with Crippen LogP contribution in [-0.4, -0.2) is 35.6 Å². The van der Waals surface area contributed by atoms with Gasteiger partial charge in [0.25, 0.3) is 0 Å². The number of aliphatic carboxylic acids is 1. The van der Waals surface area contributed by atoms with E-state index in [-0.39, 0.29) is 0 Å². The molecule has 0 unspecified atom stereocenters. The fourth-order valence-electron chi connectivity index (χ4n) is 2.96. The van der Waals surface area contributed by atoms with E-state index in [2.05, 4.69) is 4.90 Å². The summed E-state index contributed by atoms with van der Waals surface area (Å²) in [6, 6.07) is 9.44. The van der Waals surface area contributed by atoms with Crippen LogP contribution in [0.5, 0.6) is 0 Å². The molecule has 122 valence electrons. The van der Waals surface area contributed by atoms with Crippen molar-refractivity contribution in [1.29, 1.82) is 0 Å². The zero-order valence-corrected chi connectivity index (χ0v) is 14.1. The van der Waals surface area contributed by atoms with Crippen LogP contribution in [0.3, 0.4) is 0 Å². The van der Waals surface area contributed by atoms with E-state index in [4.69, 9.17) is 11.6 Å². The highest BCUT2D eigenvalue weighted by molar-refractivity contribution is 6.30. The second-order valence-corrected chi connectivity index (χ2v) is 6.92. The maximum Gasteiger partial charge on any atom is 0.309 e. The van der Waals surface area contributed by atoms with Gasteiger partial charge in [-0.3, -0.25) is 4.79 Å². The molecule has 1 saturated heterocycles. The molecule has 22 heavy (non-hydrogen) atoms. The summed E-state index contributed by atoms with van der Waals surface area (Å²) in [5.74, 6) is 0.333. The molecule has 4 heteroatoms. The lowest BCUT2D eigenvalue weighted by Crippen LogP contribution is -2.44. The van der Waals surface area contributed by atoms with Crippen molar-refractivity contribution in [2.24, 2.45) is 11.3 Å². The van der Waals surface area contributed by atoms with Crippen molar-refractivity contribution in [2.45, 2.75) is 39.0 Å². The van der Waals surface area contributed by atoms with Crippen molar-refractivity contribution in [3.8, 4) is 0 Å². The smallest absolute Gasteiger partial charge is 0.309 e. The molecule has 1 aromatic rings. The number of carboxylic acid groups (broad SMARTS) is 1. The molecule has 1 N–H and O–H groups in total. The van der Waals surface area contributed by atoms with E-state index >= 15 is 0 Å². The molecular formula is C18H26ClNO2. The van der Waals surface area contributed by atoms with Gasteiger partial charge in [-0.1, -0.05) is 36.7 Å². The Morgan fingerprint density at radius 3 is 2.23 bits per heavy atom. The average molecular weight is 324 g/mol. The van der Waals surface area contributed by atoms with Crippen molar-refractivity contribution < 1.29 is 9.90 Å². The number of carboxylic acids is 1. The van der Waals surface area contributed by atoms with Crippen LogP contribution in [0.2, 0.25) is 5.02 Å². The maximum absolute atomic E-state index is 11.2. The predicted molar refractivity (Wildman–Crippen MR) is 90.2 cm³/mol. The lowest BCUT2D eigenvalue weighted by molar-refractivity contribution is -0.152. The molecule has 0 amide bonds. The second-order valence-electron chi connectivity index (χ2n) is 6.48. The Balaban J connectivity index is 0.000000211. The number of carbonyl (C=O) groups is 1. The van der Waals surface area contributed by atoms with Gasteiger partial charge in [0.15, 0.2) is 0 Å². The largest absolute Gasteiger partial charge is 0.481 e. The quantitative estimate of drug-likeness (QED) is 0.897. The molecule has 1 heterocycles. The first-order valence-corrected chi connectivity index (χ1v) is 8.60. The zero-order chi connectivity index (χ0) is 16.0. The van der Waals surface area contributed by atoms with Crippen LogP contribution in [0.1, 0.15) is 39.0 Å². The number of benzene rings is 1. The highest BCUT2D eigenvalue weighted by atomic mass is 35.5. The Morgan fingerprint density at radius 2 is 1.86 bits per heavy atom. The fraction of sp³-hybridized carbons (Fsp3) is 0.611. The van der Waals surface area contributed by atoms with Crippen LogP contribution in [0.4, 0.5) is 0 Å². The zero-order valence-electron chi connectivity index (χ0n) is 13.3. The lowest BCUT2D eigenvalue weighted by Gasteiger charge is -2.38. The van der Waals surface area contributed by atoms with Crippen molar-refractivity contribution in [2.75, 3.05) is 19.6 Å². The first-order valence-electron chi connectivity index (χ1n) is 8.22. The number of likely N-dealkylation sites (tertiary alicyclic amines) is 1. The third-order valence-corrected chi connectivity index (χ3v) is 5.14. The summed E-state index contributed by atoms with van der Waals surface area (Å²) >= 11 is 5.54. The highest BCUT2D eigenvalue weighted by Gasteiger charge is 2.40. The van der Waals surface area contributed by atoms with Gasteiger partial charge >= 0.3 is 5.97 Å². The molecule has 1 aliphatic heterocycles. The van der Waals surface area contributed by atoms with E-state index < -0.39 is 11.4 Å². The summed E-state index contributed by atoms with van der Waals surface area (Å²) in [6.07, 6.45) is 5.22. The fourth-order valence-corrected chi connectivity index (χ4v) is 3.11. The Hall–Kier alpha value is -1.06. The van der Waals surface area contributed by atoms with Crippen molar-refractivity contribution >= 4 is 17.6 Å². The molecule has 1 aromatic carbocycles. The Labute approximate surface area is 138 Å². The molecule has 0 aromatic heterocycles. The van der Waals surface area contributed by atoms with Crippen molar-refractivity contribution in [3.05, 3.63) is 35.4 Å². The van der Waals surface area contributed by atoms with Gasteiger partial charge in [0.05, 0.1) is 5.41 Å². The van der Waals surface area contributed by atoms with Gasteiger partial charge in [0, 0.05) is 11.6 Å². The maximum atomic E-state index is 11.2. The van der Waals surface area contributed by atoms with Crippen LogP contribution in [0, 0.1) is 11.3 Å². The van der Waals surface area contributed by atoms with Gasteiger partial charge in [-0.25, -0.2) is 0 Å². The van der Waals surface area contributed by atoms with E-state index in [0.29, 0.717) is 0 Å². The summed E-state index contributed by atoms with van der Waals surface area (Å²) < 4.78 is 0. The van der Waals surface area contributed by atoms with Crippen LogP contribution in [-0.2, 0) is 4.79 Å². The Kier molecular flexibility index (Phi) is 6.27. The van der Waals surface area contributed by atoms with Crippen LogP contribution < -0.4 is 0 Å². The first-order chi connectivity index (χ1) is 10.6. The van der Waals surface area contributed by atoms with Gasteiger partial charge in [0.1, 0.15) is 0 Å². The topological polar surface area (TPSA) is 40.5 Å². The SMILES string of the molecule is CCC1(C(=O)O)CCN(CC2CC2)CC1.Clc1ccccc1. The molecular weight excluding hydrogens is 298 g/mol. The summed E-state index contributed by atoms with van der Waals surface area (Å²) in [5.41, 5.74) is -0.417. The number of piperidine rings is 1. The molecule has 3 nitrogen and oxygen atoms in total. The van der Waals surface area contributed by atoms with Crippen LogP contribution >= 0.6 is 11.6 Å². The van der Waals surface area contributed by atoms with E-state index in [1.54, 1.807) is 0 Å². The minimum Gasteiger partial charge on any atom is -0.481 e. The number of nitrogens with zero attached hydrogens (tertiary/aromatic N) is 1. The summed E-state index contributed by atoms with van der Waals surface area (Å²) in [7, 11) is 0. The van der Waals surface area contributed by atoms with E-state index in [0.717, 1.165) is 43.3 Å². The molecule has 2 fully saturated rings. The van der Waals surface area contributed by atoms with Crippen LogP contribution in [0.25, 0.3) is 0 Å². The Morgan fingerprint density at radius 1 is 1.27 bits per heavy atom. The third-order valence-electron chi connectivity index (χ3n) is 4.89. The normalized spacial score (nSPS) is 20.8. The summed E-state index contributed by atoms with van der Waals surface area (Å²) in [6.45, 7) is 5.18. The van der Waals surface area contributed by atoms with Gasteiger partial charge < -0.3 is 10.0 Å². The first kappa shape index (κ1) is 17.3. The minimum atomic E-state index is -0.587. The summed E-state index contributed by atoms with van der Waals surface area (Å²) in [4.78, 5) is 13.7. The van der Waals surface area contributed by atoms with E-state index in [1.165, 1.54) is 19.4 Å². The standard InChI is InChI=1S/C12H21NO2.C6H5Cl/c1-2-12(11(14)15)5-7-13(8-6-12)9-10-3-4-10;7-6-4-2-1-3-5-6/h10H,2-9H2,1H3,(H,14,15);1-5H. The number of halogens is 1. The number of hydrogen-bond acceptors (Lipinski definition) is 2. The molecule has 0 spiro atoms. The lowest BCUT2D eigenvalue weighted by atomic mass is 9.76. The monoisotopic (exact) mass is 323 g/mol. The van der Waals surface area contributed by atoms with E-state index in [9.17, 15) is 9.90 Å². The molecule has 3 rings (SSSR count). The van der Waals surface area contributed by atoms with Gasteiger partial charge in [0.2, 0.25) is 0 Å². The minimum absolute atomic E-state index is 0.417. The van der Waals surface area contributed by atoms with Gasteiger partial charge in [-0.15, -0.1) is 0 Å². The molecule has 1 saturated carbocycles. The molecule has 0 bridgehead atoms. The number of hydrogen-bond donors (Lipinski definition) is 1. The van der Waals surface area contributed by atoms with Crippen molar-refractivity contribution in [1.82, 2.24) is 4.90 Å². The molecule has 1 aliphatic carbocycles. The second kappa shape index (κ2) is 7.98. The number of rotatable bonds is 4.